The predicted molar refractivity (Wildman–Crippen MR) is 80.5 cm³/mol. The average Bonchev–Trinajstić information content (AvgIpc) is 2.92. The van der Waals surface area contributed by atoms with E-state index in [1.807, 2.05) is 0 Å². The molecule has 5 nitrogen and oxygen atoms in total. The molecule has 2 rings (SSSR count). The molecule has 1 aliphatic heterocycles. The molecule has 1 aromatic rings. The number of benzene rings is 1. The molecule has 7 heteroatoms. The molecular weight excluding hydrogens is 315 g/mol. The molecule has 1 fully saturated rings. The lowest BCUT2D eigenvalue weighted by Gasteiger charge is -2.16. The number of rotatable bonds is 5. The molecule has 0 unspecified atom stereocenters. The van der Waals surface area contributed by atoms with E-state index in [9.17, 15) is 9.59 Å². The van der Waals surface area contributed by atoms with Crippen LogP contribution in [0.2, 0.25) is 10.0 Å². The van der Waals surface area contributed by atoms with Crippen molar-refractivity contribution in [1.29, 1.82) is 0 Å². The monoisotopic (exact) mass is 330 g/mol. The minimum Gasteiger partial charge on any atom is -0.491 e. The second-order valence-electron chi connectivity index (χ2n) is 4.90. The maximum atomic E-state index is 12.0. The summed E-state index contributed by atoms with van der Waals surface area (Å²) in [6.07, 6.45) is 0.844. The van der Waals surface area contributed by atoms with Gasteiger partial charge in [0, 0.05) is 24.2 Å². The van der Waals surface area contributed by atoms with Crippen molar-refractivity contribution in [3.63, 3.8) is 0 Å². The summed E-state index contributed by atoms with van der Waals surface area (Å²) >= 11 is 11.8. The number of hydrogen-bond donors (Lipinski definition) is 1. The third kappa shape index (κ3) is 4.25. The standard InChI is InChI=1S/C14H16Cl2N2O3/c15-10-1-2-11(16)12(7-10)21-6-4-13(19)18-5-3-9(8-18)14(17)20/h1-2,7,9H,3-6,8H2,(H2,17,20)/t9-/m1/s1. The number of likely N-dealkylation sites (tertiary alicyclic amines) is 1. The Kier molecular flexibility index (Phi) is 5.31. The van der Waals surface area contributed by atoms with E-state index in [4.69, 9.17) is 33.7 Å². The van der Waals surface area contributed by atoms with Crippen LogP contribution in [-0.4, -0.2) is 36.4 Å². The van der Waals surface area contributed by atoms with Crippen LogP contribution in [0.1, 0.15) is 12.8 Å². The van der Waals surface area contributed by atoms with Crippen LogP contribution in [0.4, 0.5) is 0 Å². The molecule has 0 saturated carbocycles. The van der Waals surface area contributed by atoms with Gasteiger partial charge in [0.15, 0.2) is 0 Å². The maximum absolute atomic E-state index is 12.0. The lowest BCUT2D eigenvalue weighted by atomic mass is 10.1. The second kappa shape index (κ2) is 7.00. The number of nitrogens with zero attached hydrogens (tertiary/aromatic N) is 1. The van der Waals surface area contributed by atoms with Crippen molar-refractivity contribution in [2.75, 3.05) is 19.7 Å². The Morgan fingerprint density at radius 3 is 2.81 bits per heavy atom. The number of nitrogens with two attached hydrogens (primary N) is 1. The summed E-state index contributed by atoms with van der Waals surface area (Å²) in [5.41, 5.74) is 5.24. The lowest BCUT2D eigenvalue weighted by Crippen LogP contribution is -2.32. The summed E-state index contributed by atoms with van der Waals surface area (Å²) in [7, 11) is 0. The van der Waals surface area contributed by atoms with E-state index < -0.39 is 0 Å². The van der Waals surface area contributed by atoms with E-state index in [0.29, 0.717) is 35.3 Å². The van der Waals surface area contributed by atoms with E-state index >= 15 is 0 Å². The Balaban J connectivity index is 1.80. The molecule has 114 valence electrons. The Hall–Kier alpha value is -1.46. The fraction of sp³-hybridized carbons (Fsp3) is 0.429. The zero-order chi connectivity index (χ0) is 15.4. The van der Waals surface area contributed by atoms with Crippen LogP contribution in [0.3, 0.4) is 0 Å². The third-order valence-electron chi connectivity index (χ3n) is 3.41. The van der Waals surface area contributed by atoms with E-state index in [-0.39, 0.29) is 30.8 Å². The number of carbonyl (C=O) groups is 2. The molecule has 1 saturated heterocycles. The first-order valence-electron chi connectivity index (χ1n) is 6.62. The Morgan fingerprint density at radius 2 is 2.14 bits per heavy atom. The number of carbonyl (C=O) groups excluding carboxylic acids is 2. The van der Waals surface area contributed by atoms with Crippen LogP contribution in [0.5, 0.6) is 5.75 Å². The summed E-state index contributed by atoms with van der Waals surface area (Å²) in [5, 5.41) is 0.964. The smallest absolute Gasteiger partial charge is 0.226 e. The van der Waals surface area contributed by atoms with Crippen LogP contribution in [0.25, 0.3) is 0 Å². The van der Waals surface area contributed by atoms with E-state index in [1.54, 1.807) is 23.1 Å². The average molecular weight is 331 g/mol. The highest BCUT2D eigenvalue weighted by molar-refractivity contribution is 6.34. The van der Waals surface area contributed by atoms with Crippen molar-refractivity contribution in [2.45, 2.75) is 12.8 Å². The summed E-state index contributed by atoms with van der Waals surface area (Å²) in [5.74, 6) is -0.199. The minimum atomic E-state index is -0.354. The lowest BCUT2D eigenvalue weighted by molar-refractivity contribution is -0.131. The molecule has 0 bridgehead atoms. The summed E-state index contributed by atoms with van der Waals surface area (Å²) in [6.45, 7) is 1.16. The van der Waals surface area contributed by atoms with Gasteiger partial charge in [0.25, 0.3) is 0 Å². The Bertz CT molecular complexity index is 551. The van der Waals surface area contributed by atoms with Gasteiger partial charge in [-0.3, -0.25) is 9.59 Å². The zero-order valence-corrected chi connectivity index (χ0v) is 12.9. The van der Waals surface area contributed by atoms with Gasteiger partial charge in [-0.25, -0.2) is 0 Å². The molecule has 1 aromatic carbocycles. The van der Waals surface area contributed by atoms with Crippen LogP contribution in [0, 0.1) is 5.92 Å². The first-order chi connectivity index (χ1) is 9.97. The fourth-order valence-electron chi connectivity index (χ4n) is 2.21. The van der Waals surface area contributed by atoms with Crippen molar-refractivity contribution in [3.05, 3.63) is 28.2 Å². The minimum absolute atomic E-state index is 0.0584. The van der Waals surface area contributed by atoms with Crippen molar-refractivity contribution >= 4 is 35.0 Å². The highest BCUT2D eigenvalue weighted by atomic mass is 35.5. The van der Waals surface area contributed by atoms with Crippen LogP contribution < -0.4 is 10.5 Å². The molecule has 1 aliphatic rings. The number of amides is 2. The Labute approximate surface area is 132 Å². The predicted octanol–water partition coefficient (Wildman–Crippen LogP) is 2.10. The van der Waals surface area contributed by atoms with Crippen molar-refractivity contribution in [2.24, 2.45) is 11.7 Å². The SMILES string of the molecule is NC(=O)[C@@H]1CCN(C(=O)CCOc2cc(Cl)ccc2Cl)C1. The molecule has 0 aromatic heterocycles. The largest absolute Gasteiger partial charge is 0.491 e. The van der Waals surface area contributed by atoms with E-state index in [0.717, 1.165) is 0 Å². The molecular formula is C14H16Cl2N2O3. The third-order valence-corrected chi connectivity index (χ3v) is 3.96. The van der Waals surface area contributed by atoms with Gasteiger partial charge in [0.2, 0.25) is 11.8 Å². The van der Waals surface area contributed by atoms with E-state index in [1.165, 1.54) is 0 Å². The molecule has 1 atom stereocenters. The van der Waals surface area contributed by atoms with Crippen molar-refractivity contribution < 1.29 is 14.3 Å². The molecule has 2 amide bonds. The molecule has 21 heavy (non-hydrogen) atoms. The molecule has 1 heterocycles. The Morgan fingerprint density at radius 1 is 1.38 bits per heavy atom. The van der Waals surface area contributed by atoms with E-state index in [2.05, 4.69) is 0 Å². The van der Waals surface area contributed by atoms with Crippen LogP contribution in [-0.2, 0) is 9.59 Å². The molecule has 2 N–H and O–H groups in total. The van der Waals surface area contributed by atoms with Gasteiger partial charge in [-0.15, -0.1) is 0 Å². The first-order valence-corrected chi connectivity index (χ1v) is 7.38. The van der Waals surface area contributed by atoms with Gasteiger partial charge in [-0.2, -0.15) is 0 Å². The number of primary amides is 1. The second-order valence-corrected chi connectivity index (χ2v) is 5.74. The summed E-state index contributed by atoms with van der Waals surface area (Å²) in [4.78, 5) is 24.7. The summed E-state index contributed by atoms with van der Waals surface area (Å²) < 4.78 is 5.47. The molecule has 0 radical (unpaired) electrons. The first kappa shape index (κ1) is 15.9. The molecule has 0 aliphatic carbocycles. The number of hydrogen-bond acceptors (Lipinski definition) is 3. The van der Waals surface area contributed by atoms with Gasteiger partial charge in [0.05, 0.1) is 24.0 Å². The molecule has 0 spiro atoms. The van der Waals surface area contributed by atoms with Gasteiger partial charge < -0.3 is 15.4 Å². The normalized spacial score (nSPS) is 17.8. The van der Waals surface area contributed by atoms with Crippen molar-refractivity contribution in [3.8, 4) is 5.75 Å². The highest BCUT2D eigenvalue weighted by Gasteiger charge is 2.29. The van der Waals surface area contributed by atoms with Gasteiger partial charge >= 0.3 is 0 Å². The summed E-state index contributed by atoms with van der Waals surface area (Å²) in [6, 6.07) is 4.91. The van der Waals surface area contributed by atoms with Crippen LogP contribution in [0.15, 0.2) is 18.2 Å². The zero-order valence-electron chi connectivity index (χ0n) is 11.4. The quantitative estimate of drug-likeness (QED) is 0.898. The van der Waals surface area contributed by atoms with Gasteiger partial charge in [-0.1, -0.05) is 23.2 Å². The van der Waals surface area contributed by atoms with Gasteiger partial charge in [-0.05, 0) is 18.6 Å². The number of halogens is 2. The number of ether oxygens (including phenoxy) is 1. The van der Waals surface area contributed by atoms with Gasteiger partial charge in [0.1, 0.15) is 5.75 Å². The fourth-order valence-corrected chi connectivity index (χ4v) is 2.55. The van der Waals surface area contributed by atoms with Crippen molar-refractivity contribution in [1.82, 2.24) is 4.90 Å². The maximum Gasteiger partial charge on any atom is 0.226 e. The van der Waals surface area contributed by atoms with Crippen LogP contribution >= 0.6 is 23.2 Å². The topological polar surface area (TPSA) is 72.6 Å². The highest BCUT2D eigenvalue weighted by Crippen LogP contribution is 2.27.